The van der Waals surface area contributed by atoms with Crippen molar-refractivity contribution >= 4 is 39.1 Å². The van der Waals surface area contributed by atoms with E-state index in [0.717, 1.165) is 12.0 Å². The molecule has 2 rings (SSSR count). The molecule has 0 radical (unpaired) electrons. The number of likely N-dealkylation sites (N-methyl/N-ethyl adjacent to an activating group) is 1. The summed E-state index contributed by atoms with van der Waals surface area (Å²) in [6.07, 6.45) is -0.263. The third-order valence-electron chi connectivity index (χ3n) is 2.84. The van der Waals surface area contributed by atoms with E-state index in [1.54, 1.807) is 0 Å². The van der Waals surface area contributed by atoms with Gasteiger partial charge in [0.2, 0.25) is 11.8 Å². The number of thiazole rings is 1. The molecule has 0 aliphatic carbocycles. The van der Waals surface area contributed by atoms with Crippen LogP contribution in [0.5, 0.6) is 0 Å². The number of sulfonamides is 1. The van der Waals surface area contributed by atoms with Crippen LogP contribution in [0.3, 0.4) is 0 Å². The second kappa shape index (κ2) is 5.50. The van der Waals surface area contributed by atoms with E-state index in [0.29, 0.717) is 11.3 Å². The molecular weight excluding hydrogens is 322 g/mol. The zero-order valence-corrected chi connectivity index (χ0v) is 12.7. The van der Waals surface area contributed by atoms with Gasteiger partial charge in [0.1, 0.15) is 6.04 Å². The first-order valence-electron chi connectivity index (χ1n) is 5.62. The Labute approximate surface area is 124 Å². The highest BCUT2D eigenvalue weighted by atomic mass is 32.2. The topological polar surface area (TPSA) is 123 Å². The summed E-state index contributed by atoms with van der Waals surface area (Å²) in [6.45, 7) is 0. The third kappa shape index (κ3) is 2.80. The van der Waals surface area contributed by atoms with Gasteiger partial charge in [-0.15, -0.1) is 11.3 Å². The van der Waals surface area contributed by atoms with E-state index in [4.69, 9.17) is 0 Å². The molecule has 1 atom stereocenters. The minimum Gasteiger partial charge on any atom is -0.464 e. The largest absolute Gasteiger partial charge is 0.464 e. The molecule has 1 aromatic heterocycles. The fourth-order valence-electron chi connectivity index (χ4n) is 1.75. The fraction of sp³-hybridized carbons (Fsp3) is 0.400. The Hall–Kier alpha value is -1.85. The summed E-state index contributed by atoms with van der Waals surface area (Å²) in [5.41, 5.74) is 0.814. The molecule has 0 aromatic carbocycles. The molecule has 1 aliphatic heterocycles. The number of imide groups is 1. The first kappa shape index (κ1) is 15.5. The minimum atomic E-state index is -4.16. The van der Waals surface area contributed by atoms with Crippen LogP contribution in [-0.4, -0.2) is 56.3 Å². The van der Waals surface area contributed by atoms with Crippen molar-refractivity contribution in [3.8, 4) is 0 Å². The van der Waals surface area contributed by atoms with E-state index < -0.39 is 33.8 Å². The molecule has 0 saturated carbocycles. The molecule has 1 aliphatic rings. The number of amides is 2. The number of nitrogens with one attached hydrogen (secondary N) is 1. The van der Waals surface area contributed by atoms with Gasteiger partial charge in [-0.3, -0.25) is 14.5 Å². The highest BCUT2D eigenvalue weighted by molar-refractivity contribution is 7.91. The molecule has 1 aromatic rings. The van der Waals surface area contributed by atoms with Gasteiger partial charge in [-0.05, 0) is 0 Å². The Bertz CT molecular complexity index is 710. The number of aromatic nitrogens is 1. The maximum Gasteiger partial charge on any atom is 0.358 e. The second-order valence-electron chi connectivity index (χ2n) is 4.15. The van der Waals surface area contributed by atoms with Crippen molar-refractivity contribution in [3.05, 3.63) is 11.2 Å². The van der Waals surface area contributed by atoms with Crippen LogP contribution in [0.15, 0.2) is 9.72 Å². The van der Waals surface area contributed by atoms with Gasteiger partial charge in [0.25, 0.3) is 10.0 Å². The molecule has 21 heavy (non-hydrogen) atoms. The number of carbonyl (C=O) groups is 3. The van der Waals surface area contributed by atoms with Crippen LogP contribution in [0.25, 0.3) is 0 Å². The minimum absolute atomic E-state index is 0.263. The van der Waals surface area contributed by atoms with E-state index in [2.05, 4.69) is 14.4 Å². The number of carbonyl (C=O) groups excluding carboxylic acids is 3. The molecule has 0 spiro atoms. The lowest BCUT2D eigenvalue weighted by Gasteiger charge is -2.11. The lowest BCUT2D eigenvalue weighted by Crippen LogP contribution is -2.40. The van der Waals surface area contributed by atoms with Gasteiger partial charge in [0.05, 0.1) is 19.0 Å². The van der Waals surface area contributed by atoms with Crippen molar-refractivity contribution < 1.29 is 27.5 Å². The number of methoxy groups -OCH3 is 1. The third-order valence-corrected chi connectivity index (χ3v) is 5.68. The van der Waals surface area contributed by atoms with Crippen LogP contribution in [0.2, 0.25) is 0 Å². The molecule has 1 saturated heterocycles. The predicted octanol–water partition coefficient (Wildman–Crippen LogP) is -1.03. The fourth-order valence-corrected chi connectivity index (χ4v) is 4.09. The lowest BCUT2D eigenvalue weighted by molar-refractivity contribution is -0.137. The molecule has 11 heteroatoms. The Balaban J connectivity index is 2.28. The summed E-state index contributed by atoms with van der Waals surface area (Å²) in [6, 6.07) is -1.18. The Morgan fingerprint density at radius 1 is 1.52 bits per heavy atom. The second-order valence-corrected chi connectivity index (χ2v) is 6.91. The highest BCUT2D eigenvalue weighted by Crippen LogP contribution is 2.22. The van der Waals surface area contributed by atoms with Crippen molar-refractivity contribution in [2.45, 2.75) is 16.7 Å². The van der Waals surface area contributed by atoms with Gasteiger partial charge in [-0.25, -0.2) is 18.2 Å². The first-order valence-corrected chi connectivity index (χ1v) is 7.98. The Morgan fingerprint density at radius 2 is 2.19 bits per heavy atom. The number of ether oxygens (including phenoxy) is 1. The molecule has 114 valence electrons. The Kier molecular flexibility index (Phi) is 4.07. The van der Waals surface area contributed by atoms with Crippen LogP contribution in [0.4, 0.5) is 0 Å². The SMILES string of the molecule is COC(=O)c1ncsc1S(=O)(=O)NC1CC(=O)N(C)C1=O. The van der Waals surface area contributed by atoms with Gasteiger partial charge in [0.15, 0.2) is 9.90 Å². The van der Waals surface area contributed by atoms with Crippen LogP contribution in [0.1, 0.15) is 16.9 Å². The summed E-state index contributed by atoms with van der Waals surface area (Å²) < 4.78 is 30.6. The summed E-state index contributed by atoms with van der Waals surface area (Å²) in [4.78, 5) is 39.0. The van der Waals surface area contributed by atoms with Crippen LogP contribution in [0, 0.1) is 0 Å². The molecule has 2 amide bonds. The van der Waals surface area contributed by atoms with Crippen molar-refractivity contribution in [3.63, 3.8) is 0 Å². The number of nitrogens with zero attached hydrogens (tertiary/aromatic N) is 2. The smallest absolute Gasteiger partial charge is 0.358 e. The summed E-state index contributed by atoms with van der Waals surface area (Å²) in [5.74, 6) is -2.03. The van der Waals surface area contributed by atoms with Crippen molar-refractivity contribution in [2.75, 3.05) is 14.2 Å². The van der Waals surface area contributed by atoms with Gasteiger partial charge >= 0.3 is 5.97 Å². The van der Waals surface area contributed by atoms with Gasteiger partial charge in [0, 0.05) is 7.05 Å². The molecule has 2 heterocycles. The first-order chi connectivity index (χ1) is 9.77. The summed E-state index contributed by atoms with van der Waals surface area (Å²) in [5, 5.41) is 0. The van der Waals surface area contributed by atoms with E-state index in [9.17, 15) is 22.8 Å². The molecule has 9 nitrogen and oxygen atoms in total. The highest BCUT2D eigenvalue weighted by Gasteiger charge is 2.40. The van der Waals surface area contributed by atoms with Crippen LogP contribution >= 0.6 is 11.3 Å². The van der Waals surface area contributed by atoms with Crippen LogP contribution < -0.4 is 4.72 Å². The number of hydrogen-bond donors (Lipinski definition) is 1. The van der Waals surface area contributed by atoms with E-state index in [-0.39, 0.29) is 16.3 Å². The predicted molar refractivity (Wildman–Crippen MR) is 70.0 cm³/mol. The number of likely N-dealkylation sites (tertiary alicyclic amines) is 1. The molecule has 1 unspecified atom stereocenters. The van der Waals surface area contributed by atoms with E-state index in [1.165, 1.54) is 12.6 Å². The number of rotatable bonds is 4. The van der Waals surface area contributed by atoms with Crippen molar-refractivity contribution in [1.82, 2.24) is 14.6 Å². The summed E-state index contributed by atoms with van der Waals surface area (Å²) >= 11 is 0.714. The standard InChI is InChI=1S/C10H11N3O6S2/c1-13-6(14)3-5(8(13)15)12-21(17,18)10-7(9(16)19-2)11-4-20-10/h4-5,12H,3H2,1-2H3. The molecule has 0 bridgehead atoms. The maximum atomic E-state index is 12.2. The van der Waals surface area contributed by atoms with Gasteiger partial charge in [-0.2, -0.15) is 4.72 Å². The monoisotopic (exact) mass is 333 g/mol. The molecular formula is C10H11N3O6S2. The number of hydrogen-bond acceptors (Lipinski definition) is 8. The average Bonchev–Trinajstić information content (AvgIpc) is 3.01. The van der Waals surface area contributed by atoms with Crippen molar-refractivity contribution in [1.29, 1.82) is 0 Å². The van der Waals surface area contributed by atoms with E-state index in [1.807, 2.05) is 0 Å². The van der Waals surface area contributed by atoms with Crippen LogP contribution in [-0.2, 0) is 24.3 Å². The average molecular weight is 333 g/mol. The lowest BCUT2D eigenvalue weighted by atomic mass is 10.3. The Morgan fingerprint density at radius 3 is 2.71 bits per heavy atom. The molecule has 1 fully saturated rings. The summed E-state index contributed by atoms with van der Waals surface area (Å²) in [7, 11) is -1.79. The normalized spacial score (nSPS) is 19.1. The quantitative estimate of drug-likeness (QED) is 0.552. The van der Waals surface area contributed by atoms with Gasteiger partial charge < -0.3 is 4.74 Å². The zero-order valence-electron chi connectivity index (χ0n) is 11.0. The van der Waals surface area contributed by atoms with Gasteiger partial charge in [-0.1, -0.05) is 0 Å². The van der Waals surface area contributed by atoms with E-state index >= 15 is 0 Å². The molecule has 1 N–H and O–H groups in total. The maximum absolute atomic E-state index is 12.2. The van der Waals surface area contributed by atoms with Crippen molar-refractivity contribution in [2.24, 2.45) is 0 Å². The number of esters is 1. The zero-order chi connectivity index (χ0) is 15.8.